The highest BCUT2D eigenvalue weighted by atomic mass is 32.2. The molecule has 2 unspecified atom stereocenters. The van der Waals surface area contributed by atoms with Gasteiger partial charge in [0, 0.05) is 6.54 Å². The van der Waals surface area contributed by atoms with Gasteiger partial charge in [0.15, 0.2) is 9.84 Å². The number of carbonyl (C=O) groups excluding carboxylic acids is 1. The predicted octanol–water partition coefficient (Wildman–Crippen LogP) is 0.860. The zero-order valence-corrected chi connectivity index (χ0v) is 12.9. The van der Waals surface area contributed by atoms with Crippen molar-refractivity contribution in [1.29, 1.82) is 0 Å². The van der Waals surface area contributed by atoms with Crippen molar-refractivity contribution in [1.82, 2.24) is 10.2 Å². The third-order valence-electron chi connectivity index (χ3n) is 4.22. The van der Waals surface area contributed by atoms with Crippen molar-refractivity contribution in [2.75, 3.05) is 24.6 Å². The van der Waals surface area contributed by atoms with Crippen LogP contribution in [0.5, 0.6) is 0 Å². The summed E-state index contributed by atoms with van der Waals surface area (Å²) in [6, 6.07) is 8.07. The maximum absolute atomic E-state index is 12.1. The summed E-state index contributed by atoms with van der Waals surface area (Å²) in [6.45, 7) is 2.86. The van der Waals surface area contributed by atoms with Crippen LogP contribution in [0.1, 0.15) is 23.7 Å². The van der Waals surface area contributed by atoms with E-state index in [1.54, 1.807) is 4.90 Å². The summed E-state index contributed by atoms with van der Waals surface area (Å²) in [5.74, 6) is 0.566. The van der Waals surface area contributed by atoms with E-state index < -0.39 is 9.84 Å². The maximum Gasteiger partial charge on any atom is 0.238 e. The minimum absolute atomic E-state index is 0.0470. The Kier molecular flexibility index (Phi) is 3.75. The fraction of sp³-hybridized carbons (Fsp3) is 0.533. The van der Waals surface area contributed by atoms with Crippen LogP contribution in [0.2, 0.25) is 0 Å². The fourth-order valence-electron chi connectivity index (χ4n) is 3.18. The Hall–Kier alpha value is -1.40. The first-order valence-corrected chi connectivity index (χ1v) is 9.06. The van der Waals surface area contributed by atoms with Crippen molar-refractivity contribution in [3.8, 4) is 0 Å². The average Bonchev–Trinajstić information content (AvgIpc) is 2.94. The molecule has 2 aliphatic rings. The number of nitrogens with one attached hydrogen (secondary N) is 1. The molecule has 1 aromatic rings. The number of hydrogen-bond acceptors (Lipinski definition) is 4. The molecule has 114 valence electrons. The van der Waals surface area contributed by atoms with Crippen molar-refractivity contribution >= 4 is 15.7 Å². The van der Waals surface area contributed by atoms with Crippen LogP contribution in [0.4, 0.5) is 0 Å². The Balaban J connectivity index is 1.77. The first kappa shape index (κ1) is 14.5. The van der Waals surface area contributed by atoms with Gasteiger partial charge >= 0.3 is 0 Å². The topological polar surface area (TPSA) is 66.5 Å². The van der Waals surface area contributed by atoms with Gasteiger partial charge in [-0.3, -0.25) is 10.1 Å². The van der Waals surface area contributed by atoms with Crippen LogP contribution in [0.25, 0.3) is 0 Å². The molecule has 2 aliphatic heterocycles. The number of aryl methyl sites for hydroxylation is 1. The second-order valence-electron chi connectivity index (χ2n) is 6.01. The fourth-order valence-corrected chi connectivity index (χ4v) is 5.03. The lowest BCUT2D eigenvalue weighted by molar-refractivity contribution is -0.128. The Morgan fingerprint density at radius 3 is 2.86 bits per heavy atom. The highest BCUT2D eigenvalue weighted by molar-refractivity contribution is 7.91. The molecule has 0 spiro atoms. The minimum atomic E-state index is -2.90. The van der Waals surface area contributed by atoms with E-state index in [1.807, 2.05) is 25.1 Å². The van der Waals surface area contributed by atoms with E-state index in [0.717, 1.165) is 11.1 Å². The molecule has 0 aromatic heterocycles. The monoisotopic (exact) mass is 308 g/mol. The lowest BCUT2D eigenvalue weighted by Crippen LogP contribution is -2.35. The van der Waals surface area contributed by atoms with E-state index in [4.69, 9.17) is 0 Å². The molecule has 5 nitrogen and oxygen atoms in total. The molecule has 6 heteroatoms. The van der Waals surface area contributed by atoms with Gasteiger partial charge < -0.3 is 4.90 Å². The molecule has 0 saturated carbocycles. The first-order valence-electron chi connectivity index (χ1n) is 7.24. The van der Waals surface area contributed by atoms with Gasteiger partial charge in [0.1, 0.15) is 6.17 Å². The van der Waals surface area contributed by atoms with E-state index in [-0.39, 0.29) is 29.5 Å². The van der Waals surface area contributed by atoms with Crippen LogP contribution in [0.3, 0.4) is 0 Å². The number of sulfone groups is 1. The van der Waals surface area contributed by atoms with E-state index in [1.165, 1.54) is 0 Å². The molecule has 3 rings (SSSR count). The number of nitrogens with zero attached hydrogens (tertiary/aromatic N) is 1. The molecule has 1 aromatic carbocycles. The van der Waals surface area contributed by atoms with Crippen molar-refractivity contribution in [3.05, 3.63) is 35.4 Å². The molecular formula is C15H20N2O3S. The van der Waals surface area contributed by atoms with Gasteiger partial charge in [0.2, 0.25) is 5.91 Å². The summed E-state index contributed by atoms with van der Waals surface area (Å²) in [6.07, 6.45) is 0.521. The van der Waals surface area contributed by atoms with Crippen LogP contribution in [-0.4, -0.2) is 43.8 Å². The molecule has 0 bridgehead atoms. The lowest BCUT2D eigenvalue weighted by Gasteiger charge is -2.27. The third-order valence-corrected chi connectivity index (χ3v) is 6.06. The largest absolute Gasteiger partial charge is 0.322 e. The molecule has 0 aliphatic carbocycles. The summed E-state index contributed by atoms with van der Waals surface area (Å²) < 4.78 is 23.1. The molecule has 1 amide bonds. The Morgan fingerprint density at radius 2 is 2.19 bits per heavy atom. The lowest BCUT2D eigenvalue weighted by atomic mass is 10.1. The Bertz CT molecular complexity index is 657. The van der Waals surface area contributed by atoms with Crippen molar-refractivity contribution in [3.63, 3.8) is 0 Å². The number of hydrogen-bond donors (Lipinski definition) is 1. The molecular weight excluding hydrogens is 288 g/mol. The van der Waals surface area contributed by atoms with Crippen LogP contribution >= 0.6 is 0 Å². The standard InChI is InChI=1S/C15H20N2O3S/c1-11-3-2-4-13(7-11)15-16-8-14(18)17(15)9-12-5-6-21(19,20)10-12/h2-4,7,12,15-16H,5-6,8-10H2,1H3. The average molecular weight is 308 g/mol. The number of benzene rings is 1. The van der Waals surface area contributed by atoms with Crippen molar-refractivity contribution < 1.29 is 13.2 Å². The predicted molar refractivity (Wildman–Crippen MR) is 80.4 cm³/mol. The normalized spacial score (nSPS) is 28.2. The van der Waals surface area contributed by atoms with E-state index in [2.05, 4.69) is 11.4 Å². The van der Waals surface area contributed by atoms with Gasteiger partial charge in [-0.1, -0.05) is 29.8 Å². The highest BCUT2D eigenvalue weighted by Gasteiger charge is 2.36. The SMILES string of the molecule is Cc1cccc(C2NCC(=O)N2CC2CCS(=O)(=O)C2)c1. The van der Waals surface area contributed by atoms with Gasteiger partial charge in [0.25, 0.3) is 0 Å². The number of amides is 1. The van der Waals surface area contributed by atoms with Crippen LogP contribution in [0, 0.1) is 12.8 Å². The second kappa shape index (κ2) is 5.42. The van der Waals surface area contributed by atoms with Gasteiger partial charge in [-0.15, -0.1) is 0 Å². The molecule has 0 radical (unpaired) electrons. The highest BCUT2D eigenvalue weighted by Crippen LogP contribution is 2.27. The quantitative estimate of drug-likeness (QED) is 0.899. The van der Waals surface area contributed by atoms with Crippen LogP contribution < -0.4 is 5.32 Å². The molecule has 1 N–H and O–H groups in total. The third kappa shape index (κ3) is 3.11. The van der Waals surface area contributed by atoms with Gasteiger partial charge in [-0.2, -0.15) is 0 Å². The molecule has 21 heavy (non-hydrogen) atoms. The Labute approximate surface area is 125 Å². The first-order chi connectivity index (χ1) is 9.94. The summed E-state index contributed by atoms with van der Waals surface area (Å²) in [4.78, 5) is 13.9. The zero-order chi connectivity index (χ0) is 15.0. The van der Waals surface area contributed by atoms with Crippen molar-refractivity contribution in [2.24, 2.45) is 5.92 Å². The summed E-state index contributed by atoms with van der Waals surface area (Å²) in [5.41, 5.74) is 2.21. The van der Waals surface area contributed by atoms with Gasteiger partial charge in [-0.25, -0.2) is 8.42 Å². The number of rotatable bonds is 3. The minimum Gasteiger partial charge on any atom is -0.322 e. The van der Waals surface area contributed by atoms with Crippen LogP contribution in [-0.2, 0) is 14.6 Å². The van der Waals surface area contributed by atoms with E-state index in [0.29, 0.717) is 19.5 Å². The van der Waals surface area contributed by atoms with Gasteiger partial charge in [0.05, 0.1) is 18.1 Å². The molecule has 2 saturated heterocycles. The molecule has 2 atom stereocenters. The van der Waals surface area contributed by atoms with Crippen LogP contribution in [0.15, 0.2) is 24.3 Å². The summed E-state index contributed by atoms with van der Waals surface area (Å²) in [5, 5.41) is 3.22. The number of carbonyl (C=O) groups is 1. The van der Waals surface area contributed by atoms with E-state index in [9.17, 15) is 13.2 Å². The molecule has 2 heterocycles. The zero-order valence-electron chi connectivity index (χ0n) is 12.1. The Morgan fingerprint density at radius 1 is 1.38 bits per heavy atom. The maximum atomic E-state index is 12.1. The smallest absolute Gasteiger partial charge is 0.238 e. The second-order valence-corrected chi connectivity index (χ2v) is 8.24. The van der Waals surface area contributed by atoms with Crippen molar-refractivity contribution in [2.45, 2.75) is 19.5 Å². The summed E-state index contributed by atoms with van der Waals surface area (Å²) >= 11 is 0. The van der Waals surface area contributed by atoms with Gasteiger partial charge in [-0.05, 0) is 24.8 Å². The molecule has 2 fully saturated rings. The van der Waals surface area contributed by atoms with E-state index >= 15 is 0 Å². The summed E-state index contributed by atoms with van der Waals surface area (Å²) in [7, 11) is -2.90.